The number of nitrogens with zero attached hydrogens (tertiary/aromatic N) is 5. The molecular formula is C26H30N6O. The van der Waals surface area contributed by atoms with Crippen LogP contribution >= 0.6 is 0 Å². The summed E-state index contributed by atoms with van der Waals surface area (Å²) in [4.78, 5) is 31.0. The number of hydrogen-bond donors (Lipinski definition) is 1. The van der Waals surface area contributed by atoms with E-state index in [1.54, 1.807) is 12.4 Å². The van der Waals surface area contributed by atoms with Crippen molar-refractivity contribution in [1.82, 2.24) is 19.9 Å². The minimum Gasteiger partial charge on any atom is -0.374 e. The highest BCUT2D eigenvalue weighted by atomic mass is 16.2. The van der Waals surface area contributed by atoms with Crippen molar-refractivity contribution in [3.63, 3.8) is 0 Å². The number of carbonyl (C=O) groups excluding carboxylic acids is 1. The first kappa shape index (κ1) is 21.4. The Bertz CT molecular complexity index is 1160. The summed E-state index contributed by atoms with van der Waals surface area (Å²) in [6.07, 6.45) is 9.30. The molecule has 2 aliphatic heterocycles. The van der Waals surface area contributed by atoms with Crippen LogP contribution in [0.15, 0.2) is 48.9 Å². The van der Waals surface area contributed by atoms with Gasteiger partial charge in [0.1, 0.15) is 11.6 Å². The number of fused-ring (bicyclic) bond motifs is 1. The van der Waals surface area contributed by atoms with Crippen LogP contribution in [0.2, 0.25) is 0 Å². The van der Waals surface area contributed by atoms with Gasteiger partial charge in [-0.3, -0.25) is 9.78 Å². The van der Waals surface area contributed by atoms with E-state index in [1.165, 1.54) is 11.3 Å². The summed E-state index contributed by atoms with van der Waals surface area (Å²) in [5.41, 5.74) is 5.37. The first-order valence-corrected chi connectivity index (χ1v) is 11.7. The van der Waals surface area contributed by atoms with Gasteiger partial charge in [-0.05, 0) is 68.0 Å². The Hall–Kier alpha value is -3.48. The van der Waals surface area contributed by atoms with Gasteiger partial charge in [0.15, 0.2) is 0 Å². The quantitative estimate of drug-likeness (QED) is 0.648. The topological polar surface area (TPSA) is 74.2 Å². The van der Waals surface area contributed by atoms with Crippen molar-refractivity contribution in [3.05, 3.63) is 71.3 Å². The monoisotopic (exact) mass is 442 g/mol. The Kier molecular flexibility index (Phi) is 5.94. The van der Waals surface area contributed by atoms with Crippen molar-refractivity contribution in [2.45, 2.75) is 38.5 Å². The van der Waals surface area contributed by atoms with Crippen LogP contribution in [0.25, 0.3) is 0 Å². The van der Waals surface area contributed by atoms with Crippen LogP contribution in [0.1, 0.15) is 52.4 Å². The molecule has 1 saturated heterocycles. The molecule has 0 spiro atoms. The number of pyridine rings is 1. The van der Waals surface area contributed by atoms with Crippen molar-refractivity contribution < 1.29 is 4.79 Å². The number of carbonyl (C=O) groups is 1. The molecular weight excluding hydrogens is 412 g/mol. The summed E-state index contributed by atoms with van der Waals surface area (Å²) in [6, 6.07) is 10.1. The van der Waals surface area contributed by atoms with Crippen LogP contribution in [0.3, 0.4) is 0 Å². The average molecular weight is 443 g/mol. The van der Waals surface area contributed by atoms with E-state index >= 15 is 0 Å². The predicted octanol–water partition coefficient (Wildman–Crippen LogP) is 4.33. The molecule has 0 unspecified atom stereocenters. The van der Waals surface area contributed by atoms with Gasteiger partial charge in [0, 0.05) is 56.2 Å². The summed E-state index contributed by atoms with van der Waals surface area (Å²) >= 11 is 0. The van der Waals surface area contributed by atoms with E-state index in [0.717, 1.165) is 68.0 Å². The van der Waals surface area contributed by atoms with Crippen molar-refractivity contribution in [1.29, 1.82) is 0 Å². The molecule has 33 heavy (non-hydrogen) atoms. The van der Waals surface area contributed by atoms with Gasteiger partial charge >= 0.3 is 0 Å². The number of benzene rings is 1. The maximum absolute atomic E-state index is 13.2. The SMILES string of the molecule is Cc1cccnc1Nc1cncc(C2CCN(C(=O)c3ccc4c(c3)CCCN4C)CC2)n1. The number of aromatic nitrogens is 3. The second-order valence-corrected chi connectivity index (χ2v) is 9.06. The molecule has 2 aromatic heterocycles. The molecule has 5 rings (SSSR count). The van der Waals surface area contributed by atoms with E-state index in [-0.39, 0.29) is 5.91 Å². The van der Waals surface area contributed by atoms with Crippen LogP contribution in [-0.4, -0.2) is 52.4 Å². The molecule has 1 amide bonds. The summed E-state index contributed by atoms with van der Waals surface area (Å²) in [5, 5.41) is 3.28. The third-order valence-corrected chi connectivity index (χ3v) is 6.79. The van der Waals surface area contributed by atoms with E-state index in [9.17, 15) is 4.79 Å². The molecule has 1 fully saturated rings. The molecule has 0 saturated carbocycles. The third kappa shape index (κ3) is 4.53. The lowest BCUT2D eigenvalue weighted by molar-refractivity contribution is 0.0712. The largest absolute Gasteiger partial charge is 0.374 e. The standard InChI is InChI=1S/C26H30N6O/c1-18-5-3-11-28-25(18)30-24-17-27-16-22(29-24)19-9-13-32(14-10-19)26(33)21-7-8-23-20(15-21)6-4-12-31(23)2/h3,5,7-8,11,15-17,19H,4,6,9-10,12-14H2,1-2H3,(H,28,29,30). The van der Waals surface area contributed by atoms with E-state index in [0.29, 0.717) is 11.7 Å². The number of nitrogens with one attached hydrogen (secondary N) is 1. The fraction of sp³-hybridized carbons (Fsp3) is 0.385. The minimum absolute atomic E-state index is 0.136. The highest BCUT2D eigenvalue weighted by Gasteiger charge is 2.26. The number of anilines is 3. The molecule has 0 radical (unpaired) electrons. The van der Waals surface area contributed by atoms with Gasteiger partial charge in [-0.15, -0.1) is 0 Å². The Balaban J connectivity index is 1.23. The molecule has 0 atom stereocenters. The van der Waals surface area contributed by atoms with Crippen LogP contribution in [0, 0.1) is 6.92 Å². The molecule has 7 nitrogen and oxygen atoms in total. The number of likely N-dealkylation sites (tertiary alicyclic amines) is 1. The fourth-order valence-electron chi connectivity index (χ4n) is 4.86. The Morgan fingerprint density at radius 3 is 2.79 bits per heavy atom. The zero-order valence-corrected chi connectivity index (χ0v) is 19.3. The zero-order chi connectivity index (χ0) is 22.8. The molecule has 1 aromatic carbocycles. The van der Waals surface area contributed by atoms with Crippen molar-refractivity contribution in [2.75, 3.05) is 36.9 Å². The Morgan fingerprint density at radius 2 is 1.97 bits per heavy atom. The first-order chi connectivity index (χ1) is 16.1. The van der Waals surface area contributed by atoms with Crippen molar-refractivity contribution >= 4 is 23.2 Å². The average Bonchev–Trinajstić information content (AvgIpc) is 2.85. The van der Waals surface area contributed by atoms with Gasteiger partial charge in [-0.2, -0.15) is 0 Å². The second kappa shape index (κ2) is 9.17. The van der Waals surface area contributed by atoms with E-state index in [1.807, 2.05) is 36.2 Å². The number of amides is 1. The Labute approximate surface area is 194 Å². The highest BCUT2D eigenvalue weighted by Crippen LogP contribution is 2.30. The number of aryl methyl sites for hydroxylation is 2. The van der Waals surface area contributed by atoms with Crippen molar-refractivity contribution in [2.24, 2.45) is 0 Å². The van der Waals surface area contributed by atoms with E-state index in [4.69, 9.17) is 4.98 Å². The van der Waals surface area contributed by atoms with E-state index in [2.05, 4.69) is 39.4 Å². The number of piperidine rings is 1. The second-order valence-electron chi connectivity index (χ2n) is 9.06. The maximum atomic E-state index is 13.2. The van der Waals surface area contributed by atoms with Gasteiger partial charge in [0.25, 0.3) is 5.91 Å². The molecule has 4 heterocycles. The van der Waals surface area contributed by atoms with Gasteiger partial charge in [0.2, 0.25) is 0 Å². The van der Waals surface area contributed by atoms with Gasteiger partial charge in [0.05, 0.1) is 11.9 Å². The first-order valence-electron chi connectivity index (χ1n) is 11.7. The number of hydrogen-bond acceptors (Lipinski definition) is 6. The van der Waals surface area contributed by atoms with Gasteiger partial charge in [-0.1, -0.05) is 6.07 Å². The maximum Gasteiger partial charge on any atom is 0.253 e. The van der Waals surface area contributed by atoms with Crippen LogP contribution in [0.4, 0.5) is 17.3 Å². The summed E-state index contributed by atoms with van der Waals surface area (Å²) in [6.45, 7) is 4.56. The normalized spacial score (nSPS) is 16.4. The molecule has 2 aliphatic rings. The fourth-order valence-corrected chi connectivity index (χ4v) is 4.86. The molecule has 0 bridgehead atoms. The van der Waals surface area contributed by atoms with E-state index < -0.39 is 0 Å². The summed E-state index contributed by atoms with van der Waals surface area (Å²) in [5.74, 6) is 1.93. The smallest absolute Gasteiger partial charge is 0.253 e. The lowest BCUT2D eigenvalue weighted by atomic mass is 9.93. The molecule has 3 aromatic rings. The predicted molar refractivity (Wildman–Crippen MR) is 130 cm³/mol. The van der Waals surface area contributed by atoms with Crippen LogP contribution in [0.5, 0.6) is 0 Å². The Morgan fingerprint density at radius 1 is 1.12 bits per heavy atom. The highest BCUT2D eigenvalue weighted by molar-refractivity contribution is 5.95. The molecule has 0 aliphatic carbocycles. The molecule has 1 N–H and O–H groups in total. The van der Waals surface area contributed by atoms with Crippen LogP contribution < -0.4 is 10.2 Å². The third-order valence-electron chi connectivity index (χ3n) is 6.79. The van der Waals surface area contributed by atoms with Crippen molar-refractivity contribution in [3.8, 4) is 0 Å². The summed E-state index contributed by atoms with van der Waals surface area (Å²) in [7, 11) is 2.12. The lowest BCUT2D eigenvalue weighted by Crippen LogP contribution is -2.38. The van der Waals surface area contributed by atoms with Crippen LogP contribution in [-0.2, 0) is 6.42 Å². The van der Waals surface area contributed by atoms with Gasteiger partial charge in [-0.25, -0.2) is 9.97 Å². The lowest BCUT2D eigenvalue weighted by Gasteiger charge is -2.32. The molecule has 7 heteroatoms. The molecule has 170 valence electrons. The van der Waals surface area contributed by atoms with Gasteiger partial charge < -0.3 is 15.1 Å². The number of rotatable bonds is 4. The summed E-state index contributed by atoms with van der Waals surface area (Å²) < 4.78 is 0. The zero-order valence-electron chi connectivity index (χ0n) is 19.3. The minimum atomic E-state index is 0.136.